The van der Waals surface area contributed by atoms with Crippen LogP contribution in [-0.4, -0.2) is 19.0 Å². The molecule has 12 heavy (non-hydrogen) atoms. The quantitative estimate of drug-likeness (QED) is 0.436. The third kappa shape index (κ3) is 4.50. The average molecular weight is 172 g/mol. The second kappa shape index (κ2) is 6.18. The summed E-state index contributed by atoms with van der Waals surface area (Å²) in [5.74, 6) is 0. The molecule has 0 saturated carbocycles. The maximum Gasteiger partial charge on any atom is 0.151 e. The van der Waals surface area contributed by atoms with E-state index < -0.39 is 5.60 Å². The molecule has 0 saturated heterocycles. The van der Waals surface area contributed by atoms with Crippen LogP contribution < -0.4 is 0 Å². The second-order valence-electron chi connectivity index (χ2n) is 3.45. The topological polar surface area (TPSA) is 26.3 Å². The zero-order valence-corrected chi connectivity index (χ0v) is 8.43. The van der Waals surface area contributed by atoms with Gasteiger partial charge in [0.15, 0.2) is 6.29 Å². The summed E-state index contributed by atoms with van der Waals surface area (Å²) in [6.07, 6.45) is 6.50. The van der Waals surface area contributed by atoms with Crippen molar-refractivity contribution in [2.45, 2.75) is 51.6 Å². The van der Waals surface area contributed by atoms with Crippen LogP contribution in [-0.2, 0) is 9.53 Å². The number of ether oxygens (including phenoxy) is 1. The third-order valence-corrected chi connectivity index (χ3v) is 2.24. The summed E-state index contributed by atoms with van der Waals surface area (Å²) in [6.45, 7) is 4.02. The second-order valence-corrected chi connectivity index (χ2v) is 3.45. The Morgan fingerprint density at radius 2 is 2.00 bits per heavy atom. The number of rotatable bonds is 7. The molecule has 0 aliphatic rings. The Hall–Kier alpha value is -0.370. The lowest BCUT2D eigenvalue weighted by atomic mass is 9.99. The first-order valence-corrected chi connectivity index (χ1v) is 4.70. The molecule has 0 aromatic carbocycles. The lowest BCUT2D eigenvalue weighted by Gasteiger charge is -2.20. The minimum Gasteiger partial charge on any atom is -0.371 e. The first kappa shape index (κ1) is 11.6. The molecule has 72 valence electrons. The molecule has 2 heteroatoms. The number of carbonyl (C=O) groups is 1. The summed E-state index contributed by atoms with van der Waals surface area (Å²) in [5, 5.41) is 0. The highest BCUT2D eigenvalue weighted by atomic mass is 16.5. The smallest absolute Gasteiger partial charge is 0.151 e. The Balaban J connectivity index is 3.51. The van der Waals surface area contributed by atoms with E-state index in [4.69, 9.17) is 4.74 Å². The normalized spacial score (nSPS) is 15.6. The van der Waals surface area contributed by atoms with Crippen molar-refractivity contribution in [1.29, 1.82) is 0 Å². The van der Waals surface area contributed by atoms with E-state index in [0.29, 0.717) is 0 Å². The monoisotopic (exact) mass is 172 g/mol. The Morgan fingerprint density at radius 1 is 1.33 bits per heavy atom. The van der Waals surface area contributed by atoms with Crippen LogP contribution >= 0.6 is 0 Å². The lowest BCUT2D eigenvalue weighted by Crippen LogP contribution is -2.28. The number of unbranched alkanes of at least 4 members (excludes halogenated alkanes) is 3. The SMILES string of the molecule is CCCCCC[C@@](C)(C=O)OC. The molecule has 1 atom stereocenters. The molecule has 0 rings (SSSR count). The summed E-state index contributed by atoms with van der Waals surface area (Å²) in [4.78, 5) is 10.6. The van der Waals surface area contributed by atoms with Crippen LogP contribution in [0.3, 0.4) is 0 Å². The molecule has 0 amide bonds. The zero-order valence-electron chi connectivity index (χ0n) is 8.43. The van der Waals surface area contributed by atoms with E-state index in [2.05, 4.69) is 6.92 Å². The van der Waals surface area contributed by atoms with Crippen molar-refractivity contribution in [3.8, 4) is 0 Å². The van der Waals surface area contributed by atoms with Crippen molar-refractivity contribution in [3.63, 3.8) is 0 Å². The van der Waals surface area contributed by atoms with Crippen molar-refractivity contribution in [3.05, 3.63) is 0 Å². The fourth-order valence-corrected chi connectivity index (χ4v) is 1.11. The van der Waals surface area contributed by atoms with Gasteiger partial charge in [-0.1, -0.05) is 32.6 Å². The first-order valence-electron chi connectivity index (χ1n) is 4.70. The van der Waals surface area contributed by atoms with E-state index in [1.165, 1.54) is 19.3 Å². The maximum absolute atomic E-state index is 10.6. The summed E-state index contributed by atoms with van der Waals surface area (Å²) in [6, 6.07) is 0. The van der Waals surface area contributed by atoms with Gasteiger partial charge in [-0.15, -0.1) is 0 Å². The summed E-state index contributed by atoms with van der Waals surface area (Å²) in [5.41, 5.74) is -0.548. The molecule has 2 nitrogen and oxygen atoms in total. The number of carbonyl (C=O) groups excluding carboxylic acids is 1. The lowest BCUT2D eigenvalue weighted by molar-refractivity contribution is -0.126. The van der Waals surface area contributed by atoms with E-state index in [1.807, 2.05) is 6.92 Å². The van der Waals surface area contributed by atoms with E-state index in [0.717, 1.165) is 19.1 Å². The molecule has 0 fully saturated rings. The highest BCUT2D eigenvalue weighted by molar-refractivity contribution is 5.61. The van der Waals surface area contributed by atoms with Crippen molar-refractivity contribution in [2.75, 3.05) is 7.11 Å². The molecule has 0 aromatic rings. The summed E-state index contributed by atoms with van der Waals surface area (Å²) < 4.78 is 5.10. The van der Waals surface area contributed by atoms with Crippen LogP contribution in [0, 0.1) is 0 Å². The molecule has 0 aliphatic heterocycles. The van der Waals surface area contributed by atoms with E-state index >= 15 is 0 Å². The van der Waals surface area contributed by atoms with E-state index in [9.17, 15) is 4.79 Å². The van der Waals surface area contributed by atoms with Gasteiger partial charge in [0.25, 0.3) is 0 Å². The van der Waals surface area contributed by atoms with Gasteiger partial charge in [0.1, 0.15) is 5.60 Å². The molecular formula is C10H20O2. The Morgan fingerprint density at radius 3 is 2.42 bits per heavy atom. The maximum atomic E-state index is 10.6. The van der Waals surface area contributed by atoms with Crippen LogP contribution in [0.2, 0.25) is 0 Å². The van der Waals surface area contributed by atoms with Gasteiger partial charge in [-0.3, -0.25) is 0 Å². The number of hydrogen-bond acceptors (Lipinski definition) is 2. The van der Waals surface area contributed by atoms with Crippen LogP contribution in [0.1, 0.15) is 46.0 Å². The van der Waals surface area contributed by atoms with Crippen LogP contribution in [0.5, 0.6) is 0 Å². The first-order chi connectivity index (χ1) is 5.68. The van der Waals surface area contributed by atoms with Crippen LogP contribution in [0.15, 0.2) is 0 Å². The number of methoxy groups -OCH3 is 1. The fraction of sp³-hybridized carbons (Fsp3) is 0.900. The van der Waals surface area contributed by atoms with Crippen LogP contribution in [0.25, 0.3) is 0 Å². The Bertz CT molecular complexity index is 123. The summed E-state index contributed by atoms with van der Waals surface area (Å²) >= 11 is 0. The van der Waals surface area contributed by atoms with Crippen molar-refractivity contribution >= 4 is 6.29 Å². The van der Waals surface area contributed by atoms with Crippen molar-refractivity contribution in [1.82, 2.24) is 0 Å². The summed E-state index contributed by atoms with van der Waals surface area (Å²) in [7, 11) is 1.59. The van der Waals surface area contributed by atoms with Gasteiger partial charge < -0.3 is 9.53 Å². The largest absolute Gasteiger partial charge is 0.371 e. The molecule has 0 N–H and O–H groups in total. The molecule has 0 spiro atoms. The van der Waals surface area contributed by atoms with E-state index in [-0.39, 0.29) is 0 Å². The van der Waals surface area contributed by atoms with Gasteiger partial charge >= 0.3 is 0 Å². The van der Waals surface area contributed by atoms with Gasteiger partial charge in [-0.05, 0) is 13.3 Å². The van der Waals surface area contributed by atoms with Crippen molar-refractivity contribution in [2.24, 2.45) is 0 Å². The molecular weight excluding hydrogens is 152 g/mol. The van der Waals surface area contributed by atoms with Crippen molar-refractivity contribution < 1.29 is 9.53 Å². The Labute approximate surface area is 75.3 Å². The predicted octanol–water partition coefficient (Wildman–Crippen LogP) is 2.56. The minimum atomic E-state index is -0.548. The van der Waals surface area contributed by atoms with Gasteiger partial charge in [0.2, 0.25) is 0 Å². The molecule has 0 aliphatic carbocycles. The standard InChI is InChI=1S/C10H20O2/c1-4-5-6-7-8-10(2,9-11)12-3/h9H,4-8H2,1-3H3/t10-/m0/s1. The minimum absolute atomic E-state index is 0.548. The number of hydrogen-bond donors (Lipinski definition) is 0. The van der Waals surface area contributed by atoms with Gasteiger partial charge in [-0.2, -0.15) is 0 Å². The predicted molar refractivity (Wildman–Crippen MR) is 50.2 cm³/mol. The Kier molecular flexibility index (Phi) is 5.99. The zero-order chi connectivity index (χ0) is 9.45. The number of aldehydes is 1. The molecule has 0 unspecified atom stereocenters. The highest BCUT2D eigenvalue weighted by Crippen LogP contribution is 2.16. The highest BCUT2D eigenvalue weighted by Gasteiger charge is 2.21. The van der Waals surface area contributed by atoms with E-state index in [1.54, 1.807) is 7.11 Å². The van der Waals surface area contributed by atoms with Gasteiger partial charge in [-0.25, -0.2) is 0 Å². The molecule has 0 radical (unpaired) electrons. The molecule has 0 aromatic heterocycles. The van der Waals surface area contributed by atoms with Gasteiger partial charge in [0.05, 0.1) is 0 Å². The fourth-order valence-electron chi connectivity index (χ4n) is 1.11. The van der Waals surface area contributed by atoms with Gasteiger partial charge in [0, 0.05) is 7.11 Å². The molecule has 0 bridgehead atoms. The van der Waals surface area contributed by atoms with Crippen LogP contribution in [0.4, 0.5) is 0 Å². The average Bonchev–Trinajstić information content (AvgIpc) is 2.12. The third-order valence-electron chi connectivity index (χ3n) is 2.24. The molecule has 0 heterocycles.